The highest BCUT2D eigenvalue weighted by Crippen LogP contribution is 2.16. The molecule has 7 heteroatoms. The Morgan fingerprint density at radius 1 is 1.12 bits per heavy atom. The molecule has 0 aliphatic heterocycles. The molecule has 1 aromatic carbocycles. The van der Waals surface area contributed by atoms with Crippen LogP contribution in [0.1, 0.15) is 16.2 Å². The van der Waals surface area contributed by atoms with E-state index < -0.39 is 0 Å². The molecule has 0 radical (unpaired) electrons. The Bertz CT molecular complexity index is 1000. The van der Waals surface area contributed by atoms with Crippen LogP contribution >= 0.6 is 0 Å². The third-order valence-corrected chi connectivity index (χ3v) is 3.65. The maximum atomic E-state index is 12.5. The first-order valence-electron chi connectivity index (χ1n) is 7.42. The number of carbonyl (C=O) groups is 1. The number of fused-ring (bicyclic) bond motifs is 1. The van der Waals surface area contributed by atoms with Gasteiger partial charge in [0.15, 0.2) is 5.65 Å². The fourth-order valence-corrected chi connectivity index (χ4v) is 2.50. The predicted molar refractivity (Wildman–Crippen MR) is 89.2 cm³/mol. The average molecular weight is 318 g/mol. The Balaban J connectivity index is 1.59. The lowest BCUT2D eigenvalue weighted by Crippen LogP contribution is -2.13. The number of amides is 1. The smallest absolute Gasteiger partial charge is 0.255 e. The lowest BCUT2D eigenvalue weighted by Gasteiger charge is -2.07. The molecular weight excluding hydrogens is 304 g/mol. The molecular formula is C17H14N6O. The van der Waals surface area contributed by atoms with Crippen molar-refractivity contribution in [3.05, 3.63) is 72.7 Å². The minimum Gasteiger partial charge on any atom is -0.319 e. The van der Waals surface area contributed by atoms with Crippen molar-refractivity contribution in [2.75, 3.05) is 5.32 Å². The van der Waals surface area contributed by atoms with Crippen LogP contribution in [0.5, 0.6) is 0 Å². The van der Waals surface area contributed by atoms with Crippen molar-refractivity contribution in [3.8, 4) is 5.69 Å². The molecule has 1 amide bonds. The first-order chi connectivity index (χ1) is 11.7. The topological polar surface area (TPSA) is 77.1 Å². The molecule has 0 bridgehead atoms. The normalized spacial score (nSPS) is 10.9. The number of aryl methyl sites for hydroxylation is 1. The number of rotatable bonds is 3. The standard InChI is InChI=1S/C17H14N6O/c1-12-19-16-15(3-2-9-23(16)21-12)20-17(24)13-4-6-14(7-5-13)22-10-8-18-11-22/h2-11H,1H3,(H,20,24). The van der Waals surface area contributed by atoms with Gasteiger partial charge >= 0.3 is 0 Å². The van der Waals surface area contributed by atoms with Crippen molar-refractivity contribution in [2.24, 2.45) is 0 Å². The summed E-state index contributed by atoms with van der Waals surface area (Å²) in [7, 11) is 0. The number of nitrogens with one attached hydrogen (secondary N) is 1. The second-order valence-electron chi connectivity index (χ2n) is 5.32. The Labute approximate surface area is 137 Å². The zero-order valence-corrected chi connectivity index (χ0v) is 12.9. The SMILES string of the molecule is Cc1nc2c(NC(=O)c3ccc(-n4ccnc4)cc3)cccn2n1. The van der Waals surface area contributed by atoms with Crippen LogP contribution in [0, 0.1) is 6.92 Å². The molecule has 0 fully saturated rings. The summed E-state index contributed by atoms with van der Waals surface area (Å²) in [6, 6.07) is 10.9. The highest BCUT2D eigenvalue weighted by Gasteiger charge is 2.11. The van der Waals surface area contributed by atoms with E-state index in [2.05, 4.69) is 20.4 Å². The van der Waals surface area contributed by atoms with Crippen molar-refractivity contribution < 1.29 is 4.79 Å². The van der Waals surface area contributed by atoms with Crippen LogP contribution in [0.3, 0.4) is 0 Å². The quantitative estimate of drug-likeness (QED) is 0.629. The van der Waals surface area contributed by atoms with E-state index in [1.165, 1.54) is 0 Å². The Morgan fingerprint density at radius 2 is 1.96 bits per heavy atom. The molecule has 0 saturated heterocycles. The molecule has 0 spiro atoms. The molecule has 7 nitrogen and oxygen atoms in total. The first kappa shape index (κ1) is 14.1. The van der Waals surface area contributed by atoms with Gasteiger partial charge in [-0.3, -0.25) is 4.79 Å². The van der Waals surface area contributed by atoms with E-state index in [1.807, 2.05) is 35.9 Å². The van der Waals surface area contributed by atoms with Gasteiger partial charge < -0.3 is 9.88 Å². The van der Waals surface area contributed by atoms with Crippen molar-refractivity contribution in [1.29, 1.82) is 0 Å². The third kappa shape index (κ3) is 2.52. The number of aromatic nitrogens is 5. The van der Waals surface area contributed by atoms with E-state index >= 15 is 0 Å². The van der Waals surface area contributed by atoms with Crippen LogP contribution in [0.25, 0.3) is 11.3 Å². The number of imidazole rings is 1. The summed E-state index contributed by atoms with van der Waals surface area (Å²) in [5.41, 5.74) is 2.76. The largest absolute Gasteiger partial charge is 0.319 e. The maximum Gasteiger partial charge on any atom is 0.255 e. The van der Waals surface area contributed by atoms with Crippen molar-refractivity contribution in [2.45, 2.75) is 6.92 Å². The van der Waals surface area contributed by atoms with Crippen LogP contribution in [0.15, 0.2) is 61.3 Å². The Kier molecular flexibility index (Phi) is 3.31. The van der Waals surface area contributed by atoms with Crippen molar-refractivity contribution in [3.63, 3.8) is 0 Å². The second-order valence-corrected chi connectivity index (χ2v) is 5.32. The van der Waals surface area contributed by atoms with Crippen LogP contribution in [-0.4, -0.2) is 30.1 Å². The molecule has 0 unspecified atom stereocenters. The van der Waals surface area contributed by atoms with Gasteiger partial charge in [0.2, 0.25) is 0 Å². The van der Waals surface area contributed by atoms with E-state index in [1.54, 1.807) is 41.4 Å². The second kappa shape index (κ2) is 5.62. The highest BCUT2D eigenvalue weighted by molar-refractivity contribution is 6.06. The van der Waals surface area contributed by atoms with Gasteiger partial charge in [0.25, 0.3) is 5.91 Å². The molecule has 0 aliphatic rings. The number of nitrogens with zero attached hydrogens (tertiary/aromatic N) is 5. The van der Waals surface area contributed by atoms with Crippen LogP contribution in [-0.2, 0) is 0 Å². The predicted octanol–water partition coefficient (Wildman–Crippen LogP) is 2.48. The van der Waals surface area contributed by atoms with Crippen LogP contribution in [0.2, 0.25) is 0 Å². The number of hydrogen-bond donors (Lipinski definition) is 1. The van der Waals surface area contributed by atoms with Gasteiger partial charge in [-0.2, -0.15) is 5.10 Å². The van der Waals surface area contributed by atoms with Crippen LogP contribution in [0.4, 0.5) is 5.69 Å². The number of carbonyl (C=O) groups excluding carboxylic acids is 1. The van der Waals surface area contributed by atoms with Gasteiger partial charge in [-0.25, -0.2) is 14.5 Å². The van der Waals surface area contributed by atoms with Gasteiger partial charge in [-0.1, -0.05) is 0 Å². The monoisotopic (exact) mass is 318 g/mol. The zero-order chi connectivity index (χ0) is 16.5. The molecule has 0 atom stereocenters. The summed E-state index contributed by atoms with van der Waals surface area (Å²) in [6.07, 6.45) is 7.07. The average Bonchev–Trinajstić information content (AvgIpc) is 3.24. The summed E-state index contributed by atoms with van der Waals surface area (Å²) in [5, 5.41) is 7.13. The van der Waals surface area contributed by atoms with Gasteiger partial charge in [0.05, 0.1) is 12.0 Å². The molecule has 0 aliphatic carbocycles. The van der Waals surface area contributed by atoms with Gasteiger partial charge in [-0.15, -0.1) is 0 Å². The lowest BCUT2D eigenvalue weighted by molar-refractivity contribution is 0.102. The fraction of sp³-hybridized carbons (Fsp3) is 0.0588. The third-order valence-electron chi connectivity index (χ3n) is 3.65. The molecule has 24 heavy (non-hydrogen) atoms. The molecule has 0 saturated carbocycles. The lowest BCUT2D eigenvalue weighted by atomic mass is 10.2. The molecule has 4 aromatic rings. The van der Waals surface area contributed by atoms with Gasteiger partial charge in [-0.05, 0) is 43.3 Å². The van der Waals surface area contributed by atoms with Crippen molar-refractivity contribution >= 4 is 17.2 Å². The summed E-state index contributed by atoms with van der Waals surface area (Å²) in [5.74, 6) is 0.460. The van der Waals surface area contributed by atoms with Crippen LogP contribution < -0.4 is 5.32 Å². The number of benzene rings is 1. The highest BCUT2D eigenvalue weighted by atomic mass is 16.1. The van der Waals surface area contributed by atoms with E-state index in [9.17, 15) is 4.79 Å². The minimum absolute atomic E-state index is 0.194. The zero-order valence-electron chi connectivity index (χ0n) is 12.9. The minimum atomic E-state index is -0.194. The summed E-state index contributed by atoms with van der Waals surface area (Å²) >= 11 is 0. The number of anilines is 1. The Hall–Kier alpha value is -3.48. The van der Waals surface area contributed by atoms with Gasteiger partial charge in [0.1, 0.15) is 5.82 Å². The van der Waals surface area contributed by atoms with Gasteiger partial charge in [0, 0.05) is 29.8 Å². The molecule has 118 valence electrons. The molecule has 1 N–H and O–H groups in total. The number of hydrogen-bond acceptors (Lipinski definition) is 4. The fourth-order valence-electron chi connectivity index (χ4n) is 2.50. The summed E-state index contributed by atoms with van der Waals surface area (Å²) in [6.45, 7) is 1.81. The summed E-state index contributed by atoms with van der Waals surface area (Å²) in [4.78, 5) is 20.8. The van der Waals surface area contributed by atoms with E-state index in [4.69, 9.17) is 0 Å². The molecule has 4 rings (SSSR count). The summed E-state index contributed by atoms with van der Waals surface area (Å²) < 4.78 is 3.52. The first-order valence-corrected chi connectivity index (χ1v) is 7.42. The molecule has 3 aromatic heterocycles. The van der Waals surface area contributed by atoms with E-state index in [0.717, 1.165) is 5.69 Å². The van der Waals surface area contributed by atoms with E-state index in [-0.39, 0.29) is 5.91 Å². The molecule has 3 heterocycles. The maximum absolute atomic E-state index is 12.5. The van der Waals surface area contributed by atoms with E-state index in [0.29, 0.717) is 22.7 Å². The number of pyridine rings is 1. The Morgan fingerprint density at radius 3 is 2.71 bits per heavy atom. The van der Waals surface area contributed by atoms with Crippen molar-refractivity contribution in [1.82, 2.24) is 24.1 Å².